The standard InChI is InChI=1S/C18H20F3NO5/c1-16(2)26-13-14(27-16)17(18(19,20)21)10-8-12(25-4)11(24-3)7-9(10)5-6-22(17)15(13)23/h7-8,13-14H,5-6H2,1-4H3/t13-,14+,17+/m1/s1. The van der Waals surface area contributed by atoms with E-state index in [9.17, 15) is 18.0 Å². The molecule has 0 aliphatic carbocycles. The molecule has 3 heterocycles. The molecule has 0 saturated carbocycles. The molecule has 0 radical (unpaired) electrons. The van der Waals surface area contributed by atoms with Crippen LogP contribution in [-0.4, -0.2) is 55.7 Å². The van der Waals surface area contributed by atoms with Gasteiger partial charge in [-0.3, -0.25) is 4.79 Å². The number of hydrogen-bond donors (Lipinski definition) is 0. The van der Waals surface area contributed by atoms with Gasteiger partial charge in [-0.2, -0.15) is 13.2 Å². The largest absolute Gasteiger partial charge is 0.493 e. The molecule has 9 heteroatoms. The second-order valence-corrected chi connectivity index (χ2v) is 7.35. The molecule has 0 spiro atoms. The molecule has 0 N–H and O–H groups in total. The van der Waals surface area contributed by atoms with Crippen molar-refractivity contribution in [1.29, 1.82) is 0 Å². The summed E-state index contributed by atoms with van der Waals surface area (Å²) in [5.41, 5.74) is -2.24. The van der Waals surface area contributed by atoms with E-state index in [0.29, 0.717) is 11.3 Å². The number of nitrogens with zero attached hydrogens (tertiary/aromatic N) is 1. The van der Waals surface area contributed by atoms with E-state index < -0.39 is 35.6 Å². The highest BCUT2D eigenvalue weighted by molar-refractivity contribution is 5.87. The third-order valence-corrected chi connectivity index (χ3v) is 5.50. The molecule has 1 aromatic rings. The summed E-state index contributed by atoms with van der Waals surface area (Å²) in [5.74, 6) is -1.49. The van der Waals surface area contributed by atoms with Crippen LogP contribution >= 0.6 is 0 Å². The summed E-state index contributed by atoms with van der Waals surface area (Å²) in [6.45, 7) is 2.93. The molecular weight excluding hydrogens is 367 g/mol. The first-order chi connectivity index (χ1) is 12.6. The lowest BCUT2D eigenvalue weighted by Crippen LogP contribution is -2.62. The normalized spacial score (nSPS) is 31.4. The number of hydrogen-bond acceptors (Lipinski definition) is 5. The summed E-state index contributed by atoms with van der Waals surface area (Å²) in [6.07, 6.45) is -7.32. The zero-order valence-corrected chi connectivity index (χ0v) is 15.3. The lowest BCUT2D eigenvalue weighted by molar-refractivity contribution is -0.269. The topological polar surface area (TPSA) is 57.2 Å². The molecule has 1 aromatic carbocycles. The van der Waals surface area contributed by atoms with Gasteiger partial charge in [0.2, 0.25) is 0 Å². The number of methoxy groups -OCH3 is 2. The molecule has 2 fully saturated rings. The second-order valence-electron chi connectivity index (χ2n) is 7.35. The highest BCUT2D eigenvalue weighted by Crippen LogP contribution is 2.59. The van der Waals surface area contributed by atoms with Crippen molar-refractivity contribution >= 4 is 5.91 Å². The van der Waals surface area contributed by atoms with Gasteiger partial charge >= 0.3 is 6.18 Å². The van der Waals surface area contributed by atoms with Gasteiger partial charge in [0.15, 0.2) is 28.9 Å². The molecule has 1 amide bonds. The maximum Gasteiger partial charge on any atom is 0.418 e. The third kappa shape index (κ3) is 2.24. The van der Waals surface area contributed by atoms with Gasteiger partial charge in [0, 0.05) is 6.54 Å². The number of amides is 1. The van der Waals surface area contributed by atoms with Crippen LogP contribution in [0.5, 0.6) is 11.5 Å². The van der Waals surface area contributed by atoms with Crippen LogP contribution in [0.1, 0.15) is 25.0 Å². The molecule has 3 aliphatic rings. The molecule has 148 valence electrons. The highest BCUT2D eigenvalue weighted by atomic mass is 19.4. The van der Waals surface area contributed by atoms with Crippen molar-refractivity contribution in [3.05, 3.63) is 23.3 Å². The Balaban J connectivity index is 2.00. The number of carbonyl (C=O) groups excluding carboxylic acids is 1. The summed E-state index contributed by atoms with van der Waals surface area (Å²) in [6, 6.07) is 2.84. The predicted octanol–water partition coefficient (Wildman–Crippen LogP) is 2.38. The first-order valence-electron chi connectivity index (χ1n) is 8.56. The van der Waals surface area contributed by atoms with Gasteiger partial charge in [-0.15, -0.1) is 0 Å². The summed E-state index contributed by atoms with van der Waals surface area (Å²) in [4.78, 5) is 13.7. The molecular formula is C18H20F3NO5. The van der Waals surface area contributed by atoms with Crippen LogP contribution in [0.15, 0.2) is 12.1 Å². The van der Waals surface area contributed by atoms with E-state index in [4.69, 9.17) is 18.9 Å². The molecule has 4 rings (SSSR count). The number of alkyl halides is 3. The van der Waals surface area contributed by atoms with Crippen LogP contribution in [0.2, 0.25) is 0 Å². The molecule has 3 aliphatic heterocycles. The molecule has 6 nitrogen and oxygen atoms in total. The molecule has 3 atom stereocenters. The minimum atomic E-state index is -4.78. The van der Waals surface area contributed by atoms with E-state index in [1.54, 1.807) is 0 Å². The number of fused-ring (bicyclic) bond motifs is 5. The Hall–Kier alpha value is -2.00. The number of halogens is 3. The van der Waals surface area contributed by atoms with Crippen molar-refractivity contribution in [2.24, 2.45) is 0 Å². The van der Waals surface area contributed by atoms with E-state index in [2.05, 4.69) is 0 Å². The van der Waals surface area contributed by atoms with Gasteiger partial charge in [0.25, 0.3) is 5.91 Å². The summed E-state index contributed by atoms with van der Waals surface area (Å²) in [7, 11) is 2.77. The monoisotopic (exact) mass is 387 g/mol. The lowest BCUT2D eigenvalue weighted by atomic mass is 9.77. The number of carbonyl (C=O) groups is 1. The molecule has 0 bridgehead atoms. The van der Waals surface area contributed by atoms with Crippen LogP contribution in [0.25, 0.3) is 0 Å². The van der Waals surface area contributed by atoms with Crippen molar-refractivity contribution in [3.8, 4) is 11.5 Å². The smallest absolute Gasteiger partial charge is 0.418 e. The van der Waals surface area contributed by atoms with Crippen molar-refractivity contribution in [1.82, 2.24) is 4.90 Å². The van der Waals surface area contributed by atoms with Gasteiger partial charge < -0.3 is 23.8 Å². The number of rotatable bonds is 2. The SMILES string of the molecule is COc1cc2c(cc1OC)[C@@]1(C(F)(F)F)[C@H]3OC(C)(C)O[C@H]3C(=O)N1CC2. The maximum atomic E-state index is 14.6. The summed E-state index contributed by atoms with van der Waals surface area (Å²) in [5, 5.41) is 0. The van der Waals surface area contributed by atoms with Crippen LogP contribution < -0.4 is 9.47 Å². The number of benzene rings is 1. The van der Waals surface area contributed by atoms with Crippen LogP contribution in [0.3, 0.4) is 0 Å². The molecule has 0 aromatic heterocycles. The fraction of sp³-hybridized carbons (Fsp3) is 0.611. The summed E-state index contributed by atoms with van der Waals surface area (Å²) < 4.78 is 65.6. The van der Waals surface area contributed by atoms with E-state index in [-0.39, 0.29) is 24.3 Å². The first kappa shape index (κ1) is 18.4. The Morgan fingerprint density at radius 3 is 2.37 bits per heavy atom. The fourth-order valence-electron chi connectivity index (χ4n) is 4.50. The Kier molecular flexibility index (Phi) is 3.75. The summed E-state index contributed by atoms with van der Waals surface area (Å²) >= 11 is 0. The van der Waals surface area contributed by atoms with E-state index in [1.165, 1.54) is 40.2 Å². The Morgan fingerprint density at radius 2 is 1.78 bits per heavy atom. The minimum absolute atomic E-state index is 0.0546. The van der Waals surface area contributed by atoms with E-state index >= 15 is 0 Å². The number of ether oxygens (including phenoxy) is 4. The van der Waals surface area contributed by atoms with Crippen LogP contribution in [-0.2, 0) is 26.2 Å². The van der Waals surface area contributed by atoms with Crippen LogP contribution in [0, 0.1) is 0 Å². The molecule has 2 saturated heterocycles. The van der Waals surface area contributed by atoms with Gasteiger partial charge in [0.1, 0.15) is 6.10 Å². The maximum absolute atomic E-state index is 14.6. The lowest BCUT2D eigenvalue weighted by Gasteiger charge is -2.47. The zero-order valence-electron chi connectivity index (χ0n) is 15.3. The average molecular weight is 387 g/mol. The minimum Gasteiger partial charge on any atom is -0.493 e. The average Bonchev–Trinajstić information content (AvgIpc) is 3.03. The zero-order chi connectivity index (χ0) is 19.8. The first-order valence-corrected chi connectivity index (χ1v) is 8.56. The van der Waals surface area contributed by atoms with Gasteiger partial charge in [-0.25, -0.2) is 0 Å². The van der Waals surface area contributed by atoms with Gasteiger partial charge in [-0.1, -0.05) is 0 Å². The molecule has 27 heavy (non-hydrogen) atoms. The quantitative estimate of drug-likeness (QED) is 0.780. The van der Waals surface area contributed by atoms with E-state index in [1.807, 2.05) is 0 Å². The van der Waals surface area contributed by atoms with Crippen molar-refractivity contribution in [3.63, 3.8) is 0 Å². The molecule has 0 unspecified atom stereocenters. The van der Waals surface area contributed by atoms with Crippen molar-refractivity contribution < 1.29 is 36.9 Å². The third-order valence-electron chi connectivity index (χ3n) is 5.50. The highest BCUT2D eigenvalue weighted by Gasteiger charge is 2.77. The van der Waals surface area contributed by atoms with Gasteiger partial charge in [-0.05, 0) is 43.5 Å². The Bertz CT molecular complexity index is 809. The Morgan fingerprint density at radius 1 is 1.15 bits per heavy atom. The second kappa shape index (κ2) is 5.51. The van der Waals surface area contributed by atoms with E-state index in [0.717, 1.165) is 4.90 Å². The van der Waals surface area contributed by atoms with Gasteiger partial charge in [0.05, 0.1) is 14.2 Å². The van der Waals surface area contributed by atoms with Crippen LogP contribution in [0.4, 0.5) is 13.2 Å². The Labute approximate surface area is 154 Å². The van der Waals surface area contributed by atoms with Crippen molar-refractivity contribution in [2.45, 2.75) is 50.0 Å². The predicted molar refractivity (Wildman–Crippen MR) is 86.5 cm³/mol. The fourth-order valence-corrected chi connectivity index (χ4v) is 4.50. The van der Waals surface area contributed by atoms with Crippen molar-refractivity contribution in [2.75, 3.05) is 20.8 Å².